The lowest BCUT2D eigenvalue weighted by atomic mass is 10.1. The highest BCUT2D eigenvalue weighted by Gasteiger charge is 2.17. The first kappa shape index (κ1) is 12.3. The molecule has 6 nitrogen and oxygen atoms in total. The van der Waals surface area contributed by atoms with Gasteiger partial charge in [0.2, 0.25) is 0 Å². The van der Waals surface area contributed by atoms with E-state index < -0.39 is 0 Å². The summed E-state index contributed by atoms with van der Waals surface area (Å²) in [5.74, 6) is 0.697. The van der Waals surface area contributed by atoms with Crippen molar-refractivity contribution in [1.29, 1.82) is 0 Å². The number of carbonyl (C=O) groups excluding carboxylic acids is 1. The van der Waals surface area contributed by atoms with Gasteiger partial charge in [0.25, 0.3) is 5.91 Å². The summed E-state index contributed by atoms with van der Waals surface area (Å²) in [5.41, 5.74) is 7.89. The van der Waals surface area contributed by atoms with Gasteiger partial charge in [0.1, 0.15) is 5.82 Å². The van der Waals surface area contributed by atoms with Crippen LogP contribution in [0.2, 0.25) is 0 Å². The first-order valence-electron chi connectivity index (χ1n) is 6.25. The zero-order chi connectivity index (χ0) is 14.1. The van der Waals surface area contributed by atoms with Crippen LogP contribution in [0.3, 0.4) is 0 Å². The summed E-state index contributed by atoms with van der Waals surface area (Å²) in [6.07, 6.45) is 5.12. The zero-order valence-corrected chi connectivity index (χ0v) is 11.1. The van der Waals surface area contributed by atoms with E-state index in [9.17, 15) is 4.79 Å². The summed E-state index contributed by atoms with van der Waals surface area (Å²) in [6.45, 7) is 0.438. The lowest BCUT2D eigenvalue weighted by Gasteiger charge is -2.15. The Morgan fingerprint density at radius 2 is 2.25 bits per heavy atom. The third-order valence-corrected chi connectivity index (χ3v) is 3.22. The number of anilines is 1. The molecule has 3 rings (SSSR count). The van der Waals surface area contributed by atoms with Crippen LogP contribution in [0.4, 0.5) is 5.69 Å². The van der Waals surface area contributed by atoms with E-state index in [0.29, 0.717) is 17.8 Å². The van der Waals surface area contributed by atoms with Crippen LogP contribution in [0.5, 0.6) is 0 Å². The molecule has 0 unspecified atom stereocenters. The van der Waals surface area contributed by atoms with Crippen molar-refractivity contribution < 1.29 is 4.79 Å². The standard InChI is InChI=1S/C14H15N5O/c1-19(8-13-16-4-5-17-13)14(20)11-7-18-12-6-9(15)2-3-10(11)12/h2-7,18H,8,15H2,1H3,(H,16,17). The predicted molar refractivity (Wildman–Crippen MR) is 77.1 cm³/mol. The highest BCUT2D eigenvalue weighted by molar-refractivity contribution is 6.07. The van der Waals surface area contributed by atoms with Crippen molar-refractivity contribution >= 4 is 22.5 Å². The van der Waals surface area contributed by atoms with Crippen molar-refractivity contribution in [1.82, 2.24) is 19.9 Å². The molecule has 102 valence electrons. The summed E-state index contributed by atoms with van der Waals surface area (Å²) in [7, 11) is 1.75. The minimum atomic E-state index is -0.0579. The van der Waals surface area contributed by atoms with Gasteiger partial charge in [-0.2, -0.15) is 0 Å². The summed E-state index contributed by atoms with van der Waals surface area (Å²) in [5, 5.41) is 0.871. The van der Waals surface area contributed by atoms with Crippen LogP contribution >= 0.6 is 0 Å². The van der Waals surface area contributed by atoms with E-state index in [4.69, 9.17) is 5.73 Å². The van der Waals surface area contributed by atoms with Gasteiger partial charge in [0.05, 0.1) is 12.1 Å². The molecule has 3 aromatic rings. The molecule has 2 heterocycles. The molecule has 0 aliphatic rings. The number of nitrogen functional groups attached to an aromatic ring is 1. The van der Waals surface area contributed by atoms with E-state index in [2.05, 4.69) is 15.0 Å². The Kier molecular flexibility index (Phi) is 2.90. The Morgan fingerprint density at radius 3 is 3.00 bits per heavy atom. The Labute approximate surface area is 115 Å². The van der Waals surface area contributed by atoms with E-state index in [1.807, 2.05) is 12.1 Å². The number of aromatic nitrogens is 3. The van der Waals surface area contributed by atoms with E-state index in [1.54, 1.807) is 36.6 Å². The second-order valence-corrected chi connectivity index (χ2v) is 4.70. The quantitative estimate of drug-likeness (QED) is 0.632. The number of nitrogens with one attached hydrogen (secondary N) is 2. The van der Waals surface area contributed by atoms with Gasteiger partial charge in [-0.3, -0.25) is 4.79 Å². The van der Waals surface area contributed by atoms with E-state index in [1.165, 1.54) is 0 Å². The number of carbonyl (C=O) groups is 1. The second kappa shape index (κ2) is 4.73. The number of aromatic amines is 2. The average molecular weight is 269 g/mol. The molecule has 0 bridgehead atoms. The van der Waals surface area contributed by atoms with Crippen LogP contribution < -0.4 is 5.73 Å². The smallest absolute Gasteiger partial charge is 0.256 e. The summed E-state index contributed by atoms with van der Waals surface area (Å²) in [6, 6.07) is 5.47. The average Bonchev–Trinajstić information content (AvgIpc) is 3.06. The number of hydrogen-bond acceptors (Lipinski definition) is 3. The molecule has 0 radical (unpaired) electrons. The van der Waals surface area contributed by atoms with Crippen molar-refractivity contribution in [3.05, 3.63) is 48.2 Å². The molecular weight excluding hydrogens is 254 g/mol. The van der Waals surface area contributed by atoms with Crippen molar-refractivity contribution in [3.63, 3.8) is 0 Å². The number of benzene rings is 1. The summed E-state index contributed by atoms with van der Waals surface area (Å²) < 4.78 is 0. The number of nitrogens with zero attached hydrogens (tertiary/aromatic N) is 2. The fraction of sp³-hybridized carbons (Fsp3) is 0.143. The molecule has 0 saturated heterocycles. The number of imidazole rings is 1. The van der Waals surface area contributed by atoms with Gasteiger partial charge in [-0.1, -0.05) is 0 Å². The minimum absolute atomic E-state index is 0.0579. The summed E-state index contributed by atoms with van der Waals surface area (Å²) in [4.78, 5) is 24.3. The molecule has 0 fully saturated rings. The van der Waals surface area contributed by atoms with Gasteiger partial charge in [0, 0.05) is 42.2 Å². The van der Waals surface area contributed by atoms with E-state index in [-0.39, 0.29) is 5.91 Å². The normalized spacial score (nSPS) is 10.8. The van der Waals surface area contributed by atoms with Crippen LogP contribution in [0, 0.1) is 0 Å². The van der Waals surface area contributed by atoms with Crippen LogP contribution in [0.25, 0.3) is 10.9 Å². The molecular formula is C14H15N5O. The third-order valence-electron chi connectivity index (χ3n) is 3.22. The van der Waals surface area contributed by atoms with Gasteiger partial charge in [-0.05, 0) is 18.2 Å². The minimum Gasteiger partial charge on any atom is -0.399 e. The molecule has 1 amide bonds. The second-order valence-electron chi connectivity index (χ2n) is 4.70. The Hall–Kier alpha value is -2.76. The topological polar surface area (TPSA) is 90.8 Å². The highest BCUT2D eigenvalue weighted by Crippen LogP contribution is 2.22. The van der Waals surface area contributed by atoms with Crippen molar-refractivity contribution in [3.8, 4) is 0 Å². The number of rotatable bonds is 3. The fourth-order valence-corrected chi connectivity index (χ4v) is 2.21. The lowest BCUT2D eigenvalue weighted by Crippen LogP contribution is -2.26. The molecule has 20 heavy (non-hydrogen) atoms. The molecule has 0 aliphatic carbocycles. The van der Waals surface area contributed by atoms with Crippen LogP contribution in [-0.2, 0) is 6.54 Å². The van der Waals surface area contributed by atoms with Gasteiger partial charge in [-0.25, -0.2) is 4.98 Å². The van der Waals surface area contributed by atoms with E-state index in [0.717, 1.165) is 16.7 Å². The fourth-order valence-electron chi connectivity index (χ4n) is 2.21. The maximum Gasteiger partial charge on any atom is 0.256 e. The van der Waals surface area contributed by atoms with Crippen molar-refractivity contribution in [2.45, 2.75) is 6.54 Å². The number of fused-ring (bicyclic) bond motifs is 1. The van der Waals surface area contributed by atoms with Crippen LogP contribution in [0.1, 0.15) is 16.2 Å². The molecule has 4 N–H and O–H groups in total. The number of amides is 1. The maximum absolute atomic E-state index is 12.5. The van der Waals surface area contributed by atoms with Crippen molar-refractivity contribution in [2.75, 3.05) is 12.8 Å². The number of hydrogen-bond donors (Lipinski definition) is 3. The molecule has 0 spiro atoms. The predicted octanol–water partition coefficient (Wildman–Crippen LogP) is 1.75. The monoisotopic (exact) mass is 269 g/mol. The lowest BCUT2D eigenvalue weighted by molar-refractivity contribution is 0.0784. The Morgan fingerprint density at radius 1 is 1.40 bits per heavy atom. The molecule has 0 saturated carbocycles. The zero-order valence-electron chi connectivity index (χ0n) is 11.1. The highest BCUT2D eigenvalue weighted by atomic mass is 16.2. The first-order valence-corrected chi connectivity index (χ1v) is 6.25. The molecule has 0 atom stereocenters. The van der Waals surface area contributed by atoms with Crippen LogP contribution in [0.15, 0.2) is 36.8 Å². The maximum atomic E-state index is 12.5. The van der Waals surface area contributed by atoms with Gasteiger partial charge in [0.15, 0.2) is 0 Å². The molecule has 1 aromatic carbocycles. The van der Waals surface area contributed by atoms with E-state index >= 15 is 0 Å². The van der Waals surface area contributed by atoms with Gasteiger partial charge in [-0.15, -0.1) is 0 Å². The van der Waals surface area contributed by atoms with Gasteiger partial charge < -0.3 is 20.6 Å². The largest absolute Gasteiger partial charge is 0.399 e. The first-order chi connectivity index (χ1) is 9.65. The molecule has 2 aromatic heterocycles. The van der Waals surface area contributed by atoms with Gasteiger partial charge >= 0.3 is 0 Å². The summed E-state index contributed by atoms with van der Waals surface area (Å²) >= 11 is 0. The third kappa shape index (κ3) is 2.11. The van der Waals surface area contributed by atoms with Crippen molar-refractivity contribution in [2.24, 2.45) is 0 Å². The van der Waals surface area contributed by atoms with Crippen LogP contribution in [-0.4, -0.2) is 32.8 Å². The Balaban J connectivity index is 1.88. The number of nitrogens with two attached hydrogens (primary N) is 1. The number of H-pyrrole nitrogens is 2. The SMILES string of the molecule is CN(Cc1ncc[nH]1)C(=O)c1c[nH]c2cc(N)ccc12. The Bertz CT molecular complexity index is 744. The molecule has 0 aliphatic heterocycles. The molecule has 6 heteroatoms.